The van der Waals surface area contributed by atoms with Gasteiger partial charge in [0, 0.05) is 62.1 Å². The molecule has 0 saturated carbocycles. The number of rotatable bonds is 9. The van der Waals surface area contributed by atoms with E-state index in [-0.39, 0.29) is 18.0 Å². The van der Waals surface area contributed by atoms with E-state index in [9.17, 15) is 4.79 Å². The standard InChI is InChI=1S/C31H35N3O2/c1-23-20-33(21-24(2)36-23)17-15-27-22-34(31-8-4-3-7-30(27)31)28-12-9-25(10-13-28)18-29(35)14-11-26-6-5-16-32-19-26/h3-10,12-13,16,19,22-24H,11,14-15,17-18,20-21H2,1-2H3/t23-,24+. The van der Waals surface area contributed by atoms with Crippen LogP contribution in [-0.4, -0.2) is 52.1 Å². The molecule has 1 saturated heterocycles. The molecule has 0 N–H and O–H groups in total. The van der Waals surface area contributed by atoms with E-state index in [0.717, 1.165) is 49.3 Å². The molecule has 36 heavy (non-hydrogen) atoms. The normalized spacial score (nSPS) is 18.5. The van der Waals surface area contributed by atoms with Crippen LogP contribution in [0.5, 0.6) is 0 Å². The second-order valence-electron chi connectivity index (χ2n) is 10.1. The minimum atomic E-state index is 0.257. The fraction of sp³-hybridized carbons (Fsp3) is 0.355. The minimum absolute atomic E-state index is 0.257. The van der Waals surface area contributed by atoms with Crippen LogP contribution >= 0.6 is 0 Å². The minimum Gasteiger partial charge on any atom is -0.373 e. The molecule has 0 bridgehead atoms. The van der Waals surface area contributed by atoms with E-state index in [1.807, 2.05) is 18.3 Å². The Morgan fingerprint density at radius 1 is 0.944 bits per heavy atom. The molecule has 4 aromatic rings. The summed E-state index contributed by atoms with van der Waals surface area (Å²) >= 11 is 0. The summed E-state index contributed by atoms with van der Waals surface area (Å²) in [7, 11) is 0. The van der Waals surface area contributed by atoms with Crippen LogP contribution in [0.3, 0.4) is 0 Å². The third-order valence-electron chi connectivity index (χ3n) is 7.02. The second-order valence-corrected chi connectivity index (χ2v) is 10.1. The Hall–Kier alpha value is -3.28. The van der Waals surface area contributed by atoms with Crippen molar-refractivity contribution < 1.29 is 9.53 Å². The zero-order chi connectivity index (χ0) is 24.9. The highest BCUT2D eigenvalue weighted by molar-refractivity contribution is 5.86. The van der Waals surface area contributed by atoms with Gasteiger partial charge < -0.3 is 9.30 Å². The van der Waals surface area contributed by atoms with Crippen molar-refractivity contribution in [3.05, 3.63) is 95.9 Å². The summed E-state index contributed by atoms with van der Waals surface area (Å²) in [5, 5.41) is 1.31. The Morgan fingerprint density at radius 2 is 1.72 bits per heavy atom. The Balaban J connectivity index is 1.26. The third kappa shape index (κ3) is 5.92. The van der Waals surface area contributed by atoms with Crippen molar-refractivity contribution in [3.8, 4) is 5.69 Å². The van der Waals surface area contributed by atoms with E-state index in [4.69, 9.17) is 4.74 Å². The number of aromatic nitrogens is 2. The maximum absolute atomic E-state index is 12.5. The summed E-state index contributed by atoms with van der Waals surface area (Å²) in [5.74, 6) is 0.257. The summed E-state index contributed by atoms with van der Waals surface area (Å²) in [6.07, 6.45) is 9.21. The van der Waals surface area contributed by atoms with E-state index >= 15 is 0 Å². The molecule has 1 aliphatic rings. The predicted molar refractivity (Wildman–Crippen MR) is 145 cm³/mol. The molecular formula is C31H35N3O2. The Kier molecular flexibility index (Phi) is 7.59. The first-order chi connectivity index (χ1) is 17.5. The number of pyridine rings is 1. The molecule has 186 valence electrons. The number of carbonyl (C=O) groups is 1. The number of ether oxygens (including phenoxy) is 1. The zero-order valence-corrected chi connectivity index (χ0v) is 21.3. The molecule has 2 aromatic heterocycles. The Bertz CT molecular complexity index is 1290. The zero-order valence-electron chi connectivity index (χ0n) is 21.3. The molecule has 0 radical (unpaired) electrons. The average Bonchev–Trinajstić information content (AvgIpc) is 3.25. The topological polar surface area (TPSA) is 47.4 Å². The predicted octanol–water partition coefficient (Wildman–Crippen LogP) is 5.42. The van der Waals surface area contributed by atoms with Gasteiger partial charge in [-0.2, -0.15) is 0 Å². The summed E-state index contributed by atoms with van der Waals surface area (Å²) in [6, 6.07) is 21.0. The van der Waals surface area contributed by atoms with Crippen LogP contribution in [0, 0.1) is 0 Å². The lowest BCUT2D eigenvalue weighted by atomic mass is 10.0. The summed E-state index contributed by atoms with van der Waals surface area (Å²) < 4.78 is 8.18. The molecule has 2 atom stereocenters. The highest BCUT2D eigenvalue weighted by atomic mass is 16.5. The van der Waals surface area contributed by atoms with Crippen molar-refractivity contribution in [1.29, 1.82) is 0 Å². The lowest BCUT2D eigenvalue weighted by Crippen LogP contribution is -2.46. The van der Waals surface area contributed by atoms with E-state index in [1.54, 1.807) is 6.20 Å². The van der Waals surface area contributed by atoms with E-state index in [1.165, 1.54) is 16.5 Å². The number of para-hydroxylation sites is 1. The molecule has 2 aromatic carbocycles. The number of benzene rings is 2. The number of fused-ring (bicyclic) bond motifs is 1. The lowest BCUT2D eigenvalue weighted by molar-refractivity contribution is -0.118. The summed E-state index contributed by atoms with van der Waals surface area (Å²) in [4.78, 5) is 19.2. The van der Waals surface area contributed by atoms with E-state index < -0.39 is 0 Å². The van der Waals surface area contributed by atoms with Gasteiger partial charge in [-0.05, 0) is 67.6 Å². The summed E-state index contributed by atoms with van der Waals surface area (Å²) in [5.41, 5.74) is 5.87. The van der Waals surface area contributed by atoms with Crippen LogP contribution in [0.4, 0.5) is 0 Å². The first kappa shape index (κ1) is 24.4. The van der Waals surface area contributed by atoms with Gasteiger partial charge in [0.15, 0.2) is 0 Å². The lowest BCUT2D eigenvalue weighted by Gasteiger charge is -2.35. The van der Waals surface area contributed by atoms with Crippen LogP contribution in [0.25, 0.3) is 16.6 Å². The number of morpholine rings is 1. The number of Topliss-reactive ketones (excluding diaryl/α,β-unsaturated/α-hetero) is 1. The van der Waals surface area contributed by atoms with Crippen molar-refractivity contribution in [2.45, 2.75) is 51.7 Å². The average molecular weight is 482 g/mol. The van der Waals surface area contributed by atoms with Crippen molar-refractivity contribution in [2.75, 3.05) is 19.6 Å². The molecule has 1 fully saturated rings. The Labute approximate surface area is 213 Å². The maximum Gasteiger partial charge on any atom is 0.137 e. The van der Waals surface area contributed by atoms with Gasteiger partial charge in [0.05, 0.1) is 17.7 Å². The SMILES string of the molecule is C[C@@H]1CN(CCc2cn(-c3ccc(CC(=O)CCc4cccnc4)cc3)c3ccccc23)C[C@H](C)O1. The fourth-order valence-corrected chi connectivity index (χ4v) is 5.33. The van der Waals surface area contributed by atoms with Crippen molar-refractivity contribution in [3.63, 3.8) is 0 Å². The molecular weight excluding hydrogens is 446 g/mol. The van der Waals surface area contributed by atoms with Crippen LogP contribution in [0.15, 0.2) is 79.3 Å². The first-order valence-electron chi connectivity index (χ1n) is 13.0. The van der Waals surface area contributed by atoms with Gasteiger partial charge in [0.1, 0.15) is 5.78 Å². The van der Waals surface area contributed by atoms with Gasteiger partial charge in [-0.1, -0.05) is 36.4 Å². The van der Waals surface area contributed by atoms with Gasteiger partial charge >= 0.3 is 0 Å². The van der Waals surface area contributed by atoms with Crippen LogP contribution in [-0.2, 0) is 28.8 Å². The molecule has 5 rings (SSSR count). The van der Waals surface area contributed by atoms with Crippen molar-refractivity contribution >= 4 is 16.7 Å². The van der Waals surface area contributed by atoms with Gasteiger partial charge in [0.2, 0.25) is 0 Å². The molecule has 1 aliphatic heterocycles. The number of nitrogens with zero attached hydrogens (tertiary/aromatic N) is 3. The number of aryl methyl sites for hydroxylation is 1. The van der Waals surface area contributed by atoms with Gasteiger partial charge in [-0.3, -0.25) is 14.7 Å². The molecule has 0 unspecified atom stereocenters. The van der Waals surface area contributed by atoms with Crippen LogP contribution in [0.2, 0.25) is 0 Å². The van der Waals surface area contributed by atoms with Gasteiger partial charge in [-0.15, -0.1) is 0 Å². The number of carbonyl (C=O) groups excluding carboxylic acids is 1. The highest BCUT2D eigenvalue weighted by Gasteiger charge is 2.22. The van der Waals surface area contributed by atoms with Crippen molar-refractivity contribution in [2.24, 2.45) is 0 Å². The fourth-order valence-electron chi connectivity index (χ4n) is 5.33. The van der Waals surface area contributed by atoms with E-state index in [0.29, 0.717) is 12.8 Å². The third-order valence-corrected chi connectivity index (χ3v) is 7.02. The van der Waals surface area contributed by atoms with Gasteiger partial charge in [-0.25, -0.2) is 0 Å². The number of hydrogen-bond acceptors (Lipinski definition) is 4. The largest absolute Gasteiger partial charge is 0.373 e. The Morgan fingerprint density at radius 3 is 2.47 bits per heavy atom. The molecule has 5 heteroatoms. The first-order valence-corrected chi connectivity index (χ1v) is 13.0. The quantitative estimate of drug-likeness (QED) is 0.320. The smallest absolute Gasteiger partial charge is 0.137 e. The van der Waals surface area contributed by atoms with Crippen molar-refractivity contribution in [1.82, 2.24) is 14.5 Å². The van der Waals surface area contributed by atoms with E-state index in [2.05, 4.69) is 83.0 Å². The highest BCUT2D eigenvalue weighted by Crippen LogP contribution is 2.26. The maximum atomic E-state index is 12.5. The number of ketones is 1. The van der Waals surface area contributed by atoms with Crippen LogP contribution < -0.4 is 0 Å². The molecule has 0 amide bonds. The van der Waals surface area contributed by atoms with Gasteiger partial charge in [0.25, 0.3) is 0 Å². The second kappa shape index (κ2) is 11.2. The monoisotopic (exact) mass is 481 g/mol. The summed E-state index contributed by atoms with van der Waals surface area (Å²) in [6.45, 7) is 7.34. The molecule has 5 nitrogen and oxygen atoms in total. The number of hydrogen-bond donors (Lipinski definition) is 0. The molecule has 0 spiro atoms. The van der Waals surface area contributed by atoms with Crippen LogP contribution in [0.1, 0.15) is 37.0 Å². The molecule has 3 heterocycles. The molecule has 0 aliphatic carbocycles.